The molecule has 0 saturated carbocycles. The van der Waals surface area contributed by atoms with Gasteiger partial charge in [0, 0.05) is 13.9 Å². The molecule has 2 heteroatoms. The van der Waals surface area contributed by atoms with Crippen molar-refractivity contribution in [3.63, 3.8) is 0 Å². The Morgan fingerprint density at radius 3 is 1.11 bits per heavy atom. The van der Waals surface area contributed by atoms with E-state index in [4.69, 9.17) is 0 Å². The molecule has 0 aromatic heterocycles. The van der Waals surface area contributed by atoms with Crippen LogP contribution in [0.15, 0.2) is 0 Å². The minimum absolute atomic E-state index is 0. The van der Waals surface area contributed by atoms with Crippen LogP contribution in [0.4, 0.5) is 0 Å². The van der Waals surface area contributed by atoms with Gasteiger partial charge < -0.3 is 5.48 Å². The molecule has 58 valence electrons. The summed E-state index contributed by atoms with van der Waals surface area (Å²) in [6.45, 7) is 9.43. The van der Waals surface area contributed by atoms with E-state index >= 15 is 0 Å². The van der Waals surface area contributed by atoms with Crippen LogP contribution in [-0.2, 0) is 0 Å². The second-order valence-corrected chi connectivity index (χ2v) is 7.70. The van der Waals surface area contributed by atoms with Crippen molar-refractivity contribution in [2.75, 3.05) is 25.2 Å². The second kappa shape index (κ2) is 5.20. The maximum absolute atomic E-state index is 2.47. The van der Waals surface area contributed by atoms with Gasteiger partial charge in [-0.1, -0.05) is 0 Å². The van der Waals surface area contributed by atoms with Crippen LogP contribution in [-0.4, -0.2) is 30.6 Å². The predicted molar refractivity (Wildman–Crippen MR) is 46.4 cm³/mol. The van der Waals surface area contributed by atoms with Crippen LogP contribution in [0, 0.1) is 0 Å². The average molecular weight is 150 g/mol. The molecule has 0 heterocycles. The minimum Gasteiger partial charge on any atom is -0.870 e. The van der Waals surface area contributed by atoms with E-state index in [0.29, 0.717) is 0 Å². The van der Waals surface area contributed by atoms with Crippen LogP contribution in [0.25, 0.3) is 0 Å². The minimum atomic E-state index is -0.412. The molecule has 9 heavy (non-hydrogen) atoms. The van der Waals surface area contributed by atoms with Crippen LogP contribution in [0.2, 0.25) is 0 Å². The quantitative estimate of drug-likeness (QED) is 0.568. The van der Waals surface area contributed by atoms with Gasteiger partial charge in [0.05, 0.1) is 18.5 Å². The highest BCUT2D eigenvalue weighted by molar-refractivity contribution is 7.75. The topological polar surface area (TPSA) is 30.0 Å². The van der Waals surface area contributed by atoms with E-state index in [1.165, 1.54) is 18.5 Å². The molecule has 0 unspecified atom stereocenters. The fourth-order valence-corrected chi connectivity index (χ4v) is 2.01. The van der Waals surface area contributed by atoms with Crippen molar-refractivity contribution in [1.29, 1.82) is 0 Å². The largest absolute Gasteiger partial charge is 0.870 e. The highest BCUT2D eigenvalue weighted by Crippen LogP contribution is 2.53. The molecule has 0 bridgehead atoms. The summed E-state index contributed by atoms with van der Waals surface area (Å²) in [5, 5.41) is 0. The molecular weight excluding hydrogens is 131 g/mol. The Bertz CT molecular complexity index is 51.7. The van der Waals surface area contributed by atoms with Crippen LogP contribution < -0.4 is 0 Å². The molecule has 0 aliphatic rings. The van der Waals surface area contributed by atoms with Gasteiger partial charge in [-0.25, -0.2) is 0 Å². The Morgan fingerprint density at radius 2 is 1.11 bits per heavy atom. The van der Waals surface area contributed by atoms with E-state index in [0.717, 1.165) is 0 Å². The van der Waals surface area contributed by atoms with Gasteiger partial charge in [0.1, 0.15) is 0 Å². The fourth-order valence-electron chi connectivity index (χ4n) is 0.671. The molecule has 0 atom stereocenters. The van der Waals surface area contributed by atoms with Crippen LogP contribution in [0.1, 0.15) is 20.8 Å². The maximum atomic E-state index is 2.47. The summed E-state index contributed by atoms with van der Waals surface area (Å²) >= 11 is 0. The van der Waals surface area contributed by atoms with Gasteiger partial charge in [-0.05, 0) is 20.8 Å². The highest BCUT2D eigenvalue weighted by atomic mass is 31.2. The molecule has 0 saturated heterocycles. The number of hydrogen-bond acceptors (Lipinski definition) is 1. The summed E-state index contributed by atoms with van der Waals surface area (Å²) in [5.41, 5.74) is 0. The lowest BCUT2D eigenvalue weighted by Crippen LogP contribution is -1.98. The summed E-state index contributed by atoms with van der Waals surface area (Å²) in [6.07, 6.45) is 4.29. The van der Waals surface area contributed by atoms with E-state index in [1.807, 2.05) is 0 Å². The normalized spacial score (nSPS) is 10.7. The smallest absolute Gasteiger partial charge is 0.0563 e. The third kappa shape index (κ3) is 3.89. The Hall–Kier alpha value is 0.390. The molecule has 0 spiro atoms. The van der Waals surface area contributed by atoms with Crippen LogP contribution in [0.5, 0.6) is 0 Å². The molecule has 0 aliphatic heterocycles. The highest BCUT2D eigenvalue weighted by Gasteiger charge is 2.22. The third-order valence-corrected chi connectivity index (χ3v) is 6.87. The van der Waals surface area contributed by atoms with Crippen molar-refractivity contribution in [3.05, 3.63) is 0 Å². The van der Waals surface area contributed by atoms with Gasteiger partial charge in [0.15, 0.2) is 0 Å². The molecule has 1 N–H and O–H groups in total. The first-order valence-electron chi connectivity index (χ1n) is 3.52. The van der Waals surface area contributed by atoms with E-state index in [9.17, 15) is 0 Å². The average Bonchev–Trinajstić information content (AvgIpc) is 1.87. The first-order valence-corrected chi connectivity index (χ1v) is 6.31. The molecule has 0 fully saturated rings. The second-order valence-electron chi connectivity index (χ2n) is 2.57. The molecule has 0 aliphatic carbocycles. The Labute approximate surface area is 59.5 Å². The molecule has 0 aromatic carbocycles. The van der Waals surface area contributed by atoms with E-state index in [1.54, 1.807) is 0 Å². The fraction of sp³-hybridized carbons (Fsp3) is 1.00. The van der Waals surface area contributed by atoms with Gasteiger partial charge in [0.25, 0.3) is 0 Å². The molecule has 0 amide bonds. The van der Waals surface area contributed by atoms with Gasteiger partial charge in [-0.3, -0.25) is 0 Å². The third-order valence-electron chi connectivity index (χ3n) is 2.29. The predicted octanol–water partition coefficient (Wildman–Crippen LogP) is 2.52. The van der Waals surface area contributed by atoms with Gasteiger partial charge >= 0.3 is 0 Å². The lowest BCUT2D eigenvalue weighted by molar-refractivity contribution is 0.824. The van der Waals surface area contributed by atoms with Crippen molar-refractivity contribution >= 4 is 7.26 Å². The molecular formula is C7H19OP. The summed E-state index contributed by atoms with van der Waals surface area (Å²) in [7, 11) is -0.412. The number of rotatable bonds is 3. The molecule has 0 rings (SSSR count). The summed E-state index contributed by atoms with van der Waals surface area (Å²) in [4.78, 5) is 0. The molecule has 0 aromatic rings. The summed E-state index contributed by atoms with van der Waals surface area (Å²) < 4.78 is 0. The van der Waals surface area contributed by atoms with Gasteiger partial charge in [0.2, 0.25) is 0 Å². The first kappa shape index (κ1) is 12.1. The van der Waals surface area contributed by atoms with Gasteiger partial charge in [-0.15, -0.1) is 0 Å². The standard InChI is InChI=1S/C7H18P.H2O/c1-5-8(4,6-2)7-3;/h5-7H2,1-4H3;1H2/q+1;/p-1. The van der Waals surface area contributed by atoms with Crippen LogP contribution in [0.3, 0.4) is 0 Å². The summed E-state index contributed by atoms with van der Waals surface area (Å²) in [5.74, 6) is 0. The Morgan fingerprint density at radius 1 is 0.889 bits per heavy atom. The molecule has 1 nitrogen and oxygen atoms in total. The maximum Gasteiger partial charge on any atom is 0.0563 e. The Kier molecular flexibility index (Phi) is 6.99. The first-order chi connectivity index (χ1) is 3.68. The SMILES string of the molecule is CC[P+](C)(CC)CC.[OH-]. The zero-order valence-electron chi connectivity index (χ0n) is 7.02. The Balaban J connectivity index is 0. The van der Waals surface area contributed by atoms with Crippen LogP contribution >= 0.6 is 7.26 Å². The van der Waals surface area contributed by atoms with Gasteiger partial charge in [-0.2, -0.15) is 0 Å². The van der Waals surface area contributed by atoms with E-state index in [2.05, 4.69) is 27.4 Å². The van der Waals surface area contributed by atoms with Crippen molar-refractivity contribution in [3.8, 4) is 0 Å². The van der Waals surface area contributed by atoms with Crippen molar-refractivity contribution in [2.24, 2.45) is 0 Å². The monoisotopic (exact) mass is 150 g/mol. The van der Waals surface area contributed by atoms with E-state index < -0.39 is 7.26 Å². The lowest BCUT2D eigenvalue weighted by atomic mass is 10.9. The zero-order valence-corrected chi connectivity index (χ0v) is 7.91. The molecule has 0 radical (unpaired) electrons. The zero-order chi connectivity index (χ0) is 6.62. The number of hydrogen-bond donors (Lipinski definition) is 0. The summed E-state index contributed by atoms with van der Waals surface area (Å²) in [6, 6.07) is 0. The lowest BCUT2D eigenvalue weighted by Gasteiger charge is -2.16. The van der Waals surface area contributed by atoms with E-state index in [-0.39, 0.29) is 5.48 Å². The van der Waals surface area contributed by atoms with Crippen molar-refractivity contribution < 1.29 is 5.48 Å². The van der Waals surface area contributed by atoms with Crippen molar-refractivity contribution in [2.45, 2.75) is 20.8 Å². The van der Waals surface area contributed by atoms with Crippen molar-refractivity contribution in [1.82, 2.24) is 0 Å².